The Labute approximate surface area is 323 Å². The quantitative estimate of drug-likeness (QED) is 0.156. The van der Waals surface area contributed by atoms with E-state index in [4.69, 9.17) is 0 Å². The maximum absolute atomic E-state index is 2.53. The van der Waals surface area contributed by atoms with E-state index in [0.29, 0.717) is 0 Å². The number of benzene rings is 9. The van der Waals surface area contributed by atoms with E-state index in [1.807, 2.05) is 0 Å². The summed E-state index contributed by atoms with van der Waals surface area (Å²) in [6.07, 6.45) is 0. The van der Waals surface area contributed by atoms with Crippen molar-refractivity contribution in [1.82, 2.24) is 0 Å². The first-order valence-corrected chi connectivity index (χ1v) is 19.3. The Morgan fingerprint density at radius 1 is 0.400 bits per heavy atom. The molecule has 1 aliphatic carbocycles. The first-order valence-electron chi connectivity index (χ1n) is 19.3. The van der Waals surface area contributed by atoms with Gasteiger partial charge < -0.3 is 4.90 Å². The molecule has 0 radical (unpaired) electrons. The summed E-state index contributed by atoms with van der Waals surface area (Å²) in [6.45, 7) is 7.01. The minimum absolute atomic E-state index is 0.122. The lowest BCUT2D eigenvalue weighted by Gasteiger charge is -2.32. The van der Waals surface area contributed by atoms with Gasteiger partial charge in [-0.3, -0.25) is 0 Å². The summed E-state index contributed by atoms with van der Waals surface area (Å²) in [5.41, 5.74) is 17.2. The number of fused-ring (bicyclic) bond motifs is 6. The highest BCUT2D eigenvalue weighted by molar-refractivity contribution is 6.14. The number of rotatable bonds is 6. The Hall–Kier alpha value is -6.70. The lowest BCUT2D eigenvalue weighted by Crippen LogP contribution is -2.16. The Bertz CT molecular complexity index is 2880. The average Bonchev–Trinajstić information content (AvgIpc) is 3.48. The van der Waals surface area contributed by atoms with Crippen LogP contribution in [0.3, 0.4) is 0 Å². The summed E-state index contributed by atoms with van der Waals surface area (Å²) in [4.78, 5) is 2.53. The molecular weight excluding hydrogens is 663 g/mol. The number of anilines is 3. The molecule has 262 valence electrons. The third-order valence-electron chi connectivity index (χ3n) is 11.7. The molecule has 9 aromatic rings. The summed E-state index contributed by atoms with van der Waals surface area (Å²) < 4.78 is 0. The van der Waals surface area contributed by atoms with Crippen LogP contribution in [0.4, 0.5) is 17.1 Å². The van der Waals surface area contributed by atoms with Gasteiger partial charge in [0, 0.05) is 22.2 Å². The van der Waals surface area contributed by atoms with E-state index < -0.39 is 0 Å². The Kier molecular flexibility index (Phi) is 7.78. The second-order valence-electron chi connectivity index (χ2n) is 15.4. The van der Waals surface area contributed by atoms with Crippen LogP contribution in [0.15, 0.2) is 194 Å². The molecule has 1 heteroatoms. The van der Waals surface area contributed by atoms with Gasteiger partial charge in [-0.05, 0) is 115 Å². The predicted molar refractivity (Wildman–Crippen MR) is 235 cm³/mol. The molecular formula is C54H41N. The second-order valence-corrected chi connectivity index (χ2v) is 15.4. The van der Waals surface area contributed by atoms with Crippen LogP contribution in [0.25, 0.3) is 66.1 Å². The molecule has 1 aliphatic rings. The fourth-order valence-electron chi connectivity index (χ4n) is 9.10. The van der Waals surface area contributed by atoms with Crippen molar-refractivity contribution in [2.24, 2.45) is 0 Å². The average molecular weight is 704 g/mol. The smallest absolute Gasteiger partial charge is 0.0569 e. The number of hydrogen-bond acceptors (Lipinski definition) is 1. The van der Waals surface area contributed by atoms with Crippen LogP contribution in [0, 0.1) is 6.92 Å². The van der Waals surface area contributed by atoms with Gasteiger partial charge >= 0.3 is 0 Å². The van der Waals surface area contributed by atoms with Crippen LogP contribution in [0.2, 0.25) is 0 Å². The van der Waals surface area contributed by atoms with E-state index in [2.05, 4.69) is 220 Å². The van der Waals surface area contributed by atoms with E-state index in [-0.39, 0.29) is 5.41 Å². The number of aryl methyl sites for hydroxylation is 1. The van der Waals surface area contributed by atoms with Crippen molar-refractivity contribution in [1.29, 1.82) is 0 Å². The van der Waals surface area contributed by atoms with Crippen LogP contribution in [0.1, 0.15) is 30.5 Å². The van der Waals surface area contributed by atoms with Crippen molar-refractivity contribution in [3.05, 3.63) is 211 Å². The topological polar surface area (TPSA) is 3.24 Å². The van der Waals surface area contributed by atoms with Crippen molar-refractivity contribution in [2.75, 3.05) is 4.90 Å². The van der Waals surface area contributed by atoms with Crippen molar-refractivity contribution >= 4 is 38.6 Å². The lowest BCUT2D eigenvalue weighted by atomic mass is 9.82. The Morgan fingerprint density at radius 3 is 1.76 bits per heavy atom. The maximum Gasteiger partial charge on any atom is 0.0569 e. The Balaban J connectivity index is 1.24. The molecule has 55 heavy (non-hydrogen) atoms. The summed E-state index contributed by atoms with van der Waals surface area (Å²) >= 11 is 0. The zero-order valence-corrected chi connectivity index (χ0v) is 31.4. The normalized spacial score (nSPS) is 12.8. The van der Waals surface area contributed by atoms with Gasteiger partial charge in [-0.1, -0.05) is 172 Å². The molecule has 1 nitrogen and oxygen atoms in total. The molecule has 0 spiro atoms. The molecule has 0 saturated carbocycles. The van der Waals surface area contributed by atoms with Gasteiger partial charge in [-0.25, -0.2) is 0 Å². The highest BCUT2D eigenvalue weighted by atomic mass is 15.2. The van der Waals surface area contributed by atoms with Crippen molar-refractivity contribution in [3.63, 3.8) is 0 Å². The molecule has 0 amide bonds. The molecule has 0 aliphatic heterocycles. The highest BCUT2D eigenvalue weighted by Gasteiger charge is 2.38. The molecule has 0 aromatic heterocycles. The largest absolute Gasteiger partial charge is 0.309 e. The summed E-state index contributed by atoms with van der Waals surface area (Å²) in [6, 6.07) is 71.4. The third kappa shape index (κ3) is 5.38. The molecule has 0 fully saturated rings. The van der Waals surface area contributed by atoms with Crippen LogP contribution >= 0.6 is 0 Å². The van der Waals surface area contributed by atoms with Gasteiger partial charge in [0.2, 0.25) is 0 Å². The van der Waals surface area contributed by atoms with Crippen LogP contribution in [-0.2, 0) is 5.41 Å². The van der Waals surface area contributed by atoms with Crippen molar-refractivity contribution in [2.45, 2.75) is 26.2 Å². The standard InChI is InChI=1S/C54H41N/c1-36-33-41(37-17-6-4-7-18-37)35-48(38-19-8-5-9-20-38)53(36)55(51-28-16-27-50-52(51)46-25-14-15-26-49(46)54(50,2)3)42-31-29-39(30-32-42)47-34-40-21-10-11-22-43(40)44-23-12-13-24-45(44)47/h4-35H,1-3H3. The first-order chi connectivity index (χ1) is 27.0. The molecule has 0 heterocycles. The molecule has 9 aromatic carbocycles. The van der Waals surface area contributed by atoms with Crippen molar-refractivity contribution in [3.8, 4) is 44.5 Å². The number of nitrogens with zero attached hydrogens (tertiary/aromatic N) is 1. The van der Waals surface area contributed by atoms with Gasteiger partial charge in [0.25, 0.3) is 0 Å². The van der Waals surface area contributed by atoms with Crippen LogP contribution in [-0.4, -0.2) is 0 Å². The Morgan fingerprint density at radius 2 is 1.00 bits per heavy atom. The second kappa shape index (κ2) is 13.0. The fourth-order valence-corrected chi connectivity index (χ4v) is 9.10. The third-order valence-corrected chi connectivity index (χ3v) is 11.7. The van der Waals surface area contributed by atoms with Gasteiger partial charge in [0.15, 0.2) is 0 Å². The molecule has 0 unspecified atom stereocenters. The number of hydrogen-bond donors (Lipinski definition) is 0. The van der Waals surface area contributed by atoms with Crippen molar-refractivity contribution < 1.29 is 0 Å². The minimum atomic E-state index is -0.122. The minimum Gasteiger partial charge on any atom is -0.309 e. The van der Waals surface area contributed by atoms with Gasteiger partial charge in [-0.15, -0.1) is 0 Å². The predicted octanol–water partition coefficient (Wildman–Crippen LogP) is 15.1. The van der Waals surface area contributed by atoms with Gasteiger partial charge in [0.1, 0.15) is 0 Å². The fraction of sp³-hybridized carbons (Fsp3) is 0.0741. The highest BCUT2D eigenvalue weighted by Crippen LogP contribution is 2.55. The zero-order chi connectivity index (χ0) is 37.1. The van der Waals surface area contributed by atoms with Gasteiger partial charge in [0.05, 0.1) is 11.4 Å². The monoisotopic (exact) mass is 703 g/mol. The van der Waals surface area contributed by atoms with Crippen LogP contribution in [0.5, 0.6) is 0 Å². The van der Waals surface area contributed by atoms with E-state index in [0.717, 1.165) is 5.69 Å². The first kappa shape index (κ1) is 32.9. The molecule has 0 bridgehead atoms. The summed E-state index contributed by atoms with van der Waals surface area (Å²) in [5.74, 6) is 0. The molecule has 0 atom stereocenters. The summed E-state index contributed by atoms with van der Waals surface area (Å²) in [5, 5.41) is 5.09. The lowest BCUT2D eigenvalue weighted by molar-refractivity contribution is 0.660. The zero-order valence-electron chi connectivity index (χ0n) is 31.4. The molecule has 0 N–H and O–H groups in total. The van der Waals surface area contributed by atoms with E-state index in [9.17, 15) is 0 Å². The van der Waals surface area contributed by atoms with Crippen LogP contribution < -0.4 is 4.90 Å². The van der Waals surface area contributed by atoms with Gasteiger partial charge in [-0.2, -0.15) is 0 Å². The molecule has 0 saturated heterocycles. The SMILES string of the molecule is Cc1cc(-c2ccccc2)cc(-c2ccccc2)c1N(c1ccc(-c2cc3ccccc3c3ccccc23)cc1)c1cccc2c1-c1ccccc1C2(C)C. The van der Waals surface area contributed by atoms with E-state index >= 15 is 0 Å². The molecule has 10 rings (SSSR count). The summed E-state index contributed by atoms with van der Waals surface area (Å²) in [7, 11) is 0. The van der Waals surface area contributed by atoms with E-state index in [1.165, 1.54) is 94.1 Å². The maximum atomic E-state index is 2.53. The van der Waals surface area contributed by atoms with E-state index in [1.54, 1.807) is 0 Å².